The lowest BCUT2D eigenvalue weighted by atomic mass is 9.96. The Morgan fingerprint density at radius 2 is 1.89 bits per heavy atom. The number of hydrogen-bond acceptors (Lipinski definition) is 3. The van der Waals surface area contributed by atoms with Crippen LogP contribution < -0.4 is 5.32 Å². The van der Waals surface area contributed by atoms with Gasteiger partial charge < -0.3 is 15.1 Å². The van der Waals surface area contributed by atoms with Gasteiger partial charge in [0.1, 0.15) is 0 Å². The quantitative estimate of drug-likeness (QED) is 0.852. The number of likely N-dealkylation sites (N-methyl/N-ethyl adjacent to an activating group) is 1. The molecule has 1 saturated heterocycles. The maximum absolute atomic E-state index is 13.2. The van der Waals surface area contributed by atoms with E-state index in [-0.39, 0.29) is 18.0 Å². The van der Waals surface area contributed by atoms with Gasteiger partial charge in [0, 0.05) is 26.2 Å². The van der Waals surface area contributed by atoms with E-state index in [1.807, 2.05) is 35.2 Å². The van der Waals surface area contributed by atoms with E-state index in [9.17, 15) is 9.59 Å². The second kappa shape index (κ2) is 7.95. The molecule has 4 rings (SSSR count). The minimum absolute atomic E-state index is 0.0578. The number of likely N-dealkylation sites (tertiary alicyclic amines) is 1. The van der Waals surface area contributed by atoms with Gasteiger partial charge in [0.15, 0.2) is 0 Å². The average Bonchev–Trinajstić information content (AvgIpc) is 3.04. The molecule has 3 heterocycles. The molecule has 28 heavy (non-hydrogen) atoms. The van der Waals surface area contributed by atoms with E-state index in [2.05, 4.69) is 17.1 Å². The molecule has 0 spiro atoms. The van der Waals surface area contributed by atoms with Crippen LogP contribution >= 0.6 is 0 Å². The van der Waals surface area contributed by atoms with Gasteiger partial charge in [-0.15, -0.1) is 0 Å². The summed E-state index contributed by atoms with van der Waals surface area (Å²) in [5.74, 6) is 0.0578. The maximum Gasteiger partial charge on any atom is 0.322 e. The monoisotopic (exact) mass is 382 g/mol. The van der Waals surface area contributed by atoms with E-state index in [0.29, 0.717) is 12.6 Å². The molecular weight excluding hydrogens is 352 g/mol. The molecule has 2 atom stereocenters. The van der Waals surface area contributed by atoms with Crippen molar-refractivity contribution in [2.45, 2.75) is 44.7 Å². The smallest absolute Gasteiger partial charge is 0.322 e. The van der Waals surface area contributed by atoms with Gasteiger partial charge in [-0.25, -0.2) is 4.79 Å². The van der Waals surface area contributed by atoms with Crippen LogP contribution in [0.3, 0.4) is 0 Å². The first-order valence-corrected chi connectivity index (χ1v) is 10.4. The molecule has 1 aromatic rings. The number of nitrogens with one attached hydrogen (secondary N) is 1. The van der Waals surface area contributed by atoms with E-state index >= 15 is 0 Å². The van der Waals surface area contributed by atoms with E-state index in [1.165, 1.54) is 25.8 Å². The predicted octanol–water partition coefficient (Wildman–Crippen LogP) is 2.74. The van der Waals surface area contributed by atoms with Crippen molar-refractivity contribution in [1.29, 1.82) is 0 Å². The molecule has 0 radical (unpaired) electrons. The van der Waals surface area contributed by atoms with Crippen LogP contribution in [0.2, 0.25) is 0 Å². The predicted molar refractivity (Wildman–Crippen MR) is 109 cm³/mol. The molecule has 0 unspecified atom stereocenters. The first-order chi connectivity index (χ1) is 13.6. The second-order valence-electron chi connectivity index (χ2n) is 8.17. The lowest BCUT2D eigenvalue weighted by Gasteiger charge is -2.33. The lowest BCUT2D eigenvalue weighted by molar-refractivity contribution is -0.125. The van der Waals surface area contributed by atoms with Crippen molar-refractivity contribution in [3.8, 4) is 0 Å². The van der Waals surface area contributed by atoms with Crippen LogP contribution in [0.1, 0.15) is 44.2 Å². The Balaban J connectivity index is 1.45. The highest BCUT2D eigenvalue weighted by molar-refractivity contribution is 6.01. The van der Waals surface area contributed by atoms with Crippen LogP contribution in [0.15, 0.2) is 41.6 Å². The minimum atomic E-state index is -0.362. The normalized spacial score (nSPS) is 25.9. The highest BCUT2D eigenvalue weighted by atomic mass is 16.2. The summed E-state index contributed by atoms with van der Waals surface area (Å²) in [5, 5.41) is 2.99. The van der Waals surface area contributed by atoms with Gasteiger partial charge in [0.2, 0.25) is 0 Å². The Bertz CT molecular complexity index is 776. The number of carbonyl (C=O) groups is 2. The number of piperidine rings is 1. The minimum Gasteiger partial charge on any atom is -0.333 e. The summed E-state index contributed by atoms with van der Waals surface area (Å²) in [7, 11) is 1.75. The highest BCUT2D eigenvalue weighted by Gasteiger charge is 2.42. The zero-order valence-electron chi connectivity index (χ0n) is 16.9. The van der Waals surface area contributed by atoms with E-state index in [1.54, 1.807) is 11.9 Å². The number of rotatable bonds is 5. The summed E-state index contributed by atoms with van der Waals surface area (Å²) in [4.78, 5) is 31.7. The summed E-state index contributed by atoms with van der Waals surface area (Å²) in [6, 6.07) is 9.89. The van der Waals surface area contributed by atoms with Crippen LogP contribution in [0, 0.1) is 0 Å². The third-order valence-corrected chi connectivity index (χ3v) is 6.38. The molecule has 0 aromatic heterocycles. The van der Waals surface area contributed by atoms with Gasteiger partial charge in [-0.3, -0.25) is 9.69 Å². The number of nitrogens with zero attached hydrogens (tertiary/aromatic N) is 3. The van der Waals surface area contributed by atoms with Gasteiger partial charge in [0.05, 0.1) is 23.9 Å². The summed E-state index contributed by atoms with van der Waals surface area (Å²) in [5.41, 5.74) is 2.52. The Morgan fingerprint density at radius 1 is 1.11 bits per heavy atom. The fourth-order valence-electron chi connectivity index (χ4n) is 4.65. The number of amides is 3. The van der Waals surface area contributed by atoms with Gasteiger partial charge in [-0.05, 0) is 38.3 Å². The van der Waals surface area contributed by atoms with Crippen molar-refractivity contribution < 1.29 is 9.59 Å². The average molecular weight is 383 g/mol. The first-order valence-electron chi connectivity index (χ1n) is 10.4. The molecule has 1 N–H and O–H groups in total. The molecule has 0 aliphatic carbocycles. The summed E-state index contributed by atoms with van der Waals surface area (Å²) >= 11 is 0. The van der Waals surface area contributed by atoms with Crippen molar-refractivity contribution in [1.82, 2.24) is 20.0 Å². The van der Waals surface area contributed by atoms with Crippen molar-refractivity contribution in [2.24, 2.45) is 0 Å². The summed E-state index contributed by atoms with van der Waals surface area (Å²) < 4.78 is 0. The van der Waals surface area contributed by atoms with Crippen molar-refractivity contribution >= 4 is 11.9 Å². The Hall–Kier alpha value is -2.34. The zero-order chi connectivity index (χ0) is 19.7. The van der Waals surface area contributed by atoms with Gasteiger partial charge >= 0.3 is 6.03 Å². The zero-order valence-corrected chi connectivity index (χ0v) is 16.9. The van der Waals surface area contributed by atoms with E-state index in [0.717, 1.165) is 36.3 Å². The molecule has 1 aromatic carbocycles. The van der Waals surface area contributed by atoms with Crippen molar-refractivity contribution in [3.63, 3.8) is 0 Å². The van der Waals surface area contributed by atoms with Crippen LogP contribution in [-0.2, 0) is 4.79 Å². The summed E-state index contributed by atoms with van der Waals surface area (Å²) in [6.07, 6.45) is 4.85. The third-order valence-electron chi connectivity index (χ3n) is 6.38. The maximum atomic E-state index is 13.2. The highest BCUT2D eigenvalue weighted by Crippen LogP contribution is 2.35. The second-order valence-corrected chi connectivity index (χ2v) is 8.17. The lowest BCUT2D eigenvalue weighted by Crippen LogP contribution is -2.45. The largest absolute Gasteiger partial charge is 0.333 e. The molecule has 0 bridgehead atoms. The van der Waals surface area contributed by atoms with Crippen LogP contribution in [-0.4, -0.2) is 65.9 Å². The standard InChI is InChI=1S/C22H30N4O2/c1-16-9-6-7-12-25(16)13-8-14-26-15-18-19(21(26)27)20(23-22(28)24(18)2)17-10-4-3-5-11-17/h3-5,10-11,16,20H,6-9,12-15H2,1-2H3,(H,23,28)/t16-,20+/m1/s1. The molecule has 0 saturated carbocycles. The van der Waals surface area contributed by atoms with Crippen LogP contribution in [0.5, 0.6) is 0 Å². The van der Waals surface area contributed by atoms with Crippen molar-refractivity contribution in [3.05, 3.63) is 47.2 Å². The van der Waals surface area contributed by atoms with Gasteiger partial charge in [-0.1, -0.05) is 36.8 Å². The van der Waals surface area contributed by atoms with E-state index in [4.69, 9.17) is 0 Å². The molecule has 3 aliphatic rings. The fraction of sp³-hybridized carbons (Fsp3) is 0.545. The number of carbonyl (C=O) groups excluding carboxylic acids is 2. The third kappa shape index (κ3) is 3.53. The van der Waals surface area contributed by atoms with Crippen molar-refractivity contribution in [2.75, 3.05) is 33.2 Å². The van der Waals surface area contributed by atoms with Gasteiger partial charge in [0.25, 0.3) is 5.91 Å². The molecular formula is C22H30N4O2. The first kappa shape index (κ1) is 19.0. The van der Waals surface area contributed by atoms with Crippen LogP contribution in [0.25, 0.3) is 0 Å². The van der Waals surface area contributed by atoms with E-state index < -0.39 is 0 Å². The summed E-state index contributed by atoms with van der Waals surface area (Å²) in [6.45, 7) is 5.76. The Labute approximate surface area is 167 Å². The molecule has 3 amide bonds. The molecule has 150 valence electrons. The SMILES string of the molecule is C[C@@H]1CCCCN1CCCN1CC2=C(C1=O)[C@H](c1ccccc1)NC(=O)N2C. The Morgan fingerprint density at radius 3 is 2.64 bits per heavy atom. The topological polar surface area (TPSA) is 55.9 Å². The Kier molecular flexibility index (Phi) is 5.40. The number of benzene rings is 1. The molecule has 3 aliphatic heterocycles. The van der Waals surface area contributed by atoms with Gasteiger partial charge in [-0.2, -0.15) is 0 Å². The number of hydrogen-bond donors (Lipinski definition) is 1. The molecule has 6 nitrogen and oxygen atoms in total. The molecule has 6 heteroatoms. The van der Waals surface area contributed by atoms with Crippen LogP contribution in [0.4, 0.5) is 4.79 Å². The number of urea groups is 1. The fourth-order valence-corrected chi connectivity index (χ4v) is 4.65. The molecule has 1 fully saturated rings.